The monoisotopic (exact) mass is 310 g/mol. The first-order chi connectivity index (χ1) is 10.3. The van der Waals surface area contributed by atoms with Gasteiger partial charge in [-0.2, -0.15) is 17.7 Å². The van der Waals surface area contributed by atoms with Crippen LogP contribution in [0, 0.1) is 6.92 Å². The Morgan fingerprint density at radius 2 is 1.86 bits per heavy atom. The van der Waals surface area contributed by atoms with Crippen molar-refractivity contribution >= 4 is 10.9 Å². The highest BCUT2D eigenvalue weighted by atomic mass is 19.4. The third-order valence-corrected chi connectivity index (χ3v) is 3.17. The Balaban J connectivity index is 2.36. The third kappa shape index (κ3) is 2.22. The van der Waals surface area contributed by atoms with Crippen LogP contribution in [0.3, 0.4) is 0 Å². The quantitative estimate of drug-likeness (QED) is 0.751. The molecule has 1 N–H and O–H groups in total. The Labute approximate surface area is 120 Å². The standard InChI is InChI=1S/C14H9F3N2O3/c1-7-2-5-11(22-7)19-12(20)9-6-8(14(15,16)17)3-4-10(9)18-13(19)21/h2-6H,1H3,(H,18,21). The average molecular weight is 310 g/mol. The highest BCUT2D eigenvalue weighted by molar-refractivity contribution is 5.78. The molecule has 2 aromatic heterocycles. The Hall–Kier alpha value is -2.77. The van der Waals surface area contributed by atoms with Crippen LogP contribution in [0.15, 0.2) is 44.3 Å². The molecule has 0 aliphatic carbocycles. The smallest absolute Gasteiger partial charge is 0.416 e. The molecule has 0 atom stereocenters. The lowest BCUT2D eigenvalue weighted by atomic mass is 10.1. The summed E-state index contributed by atoms with van der Waals surface area (Å²) in [6.45, 7) is 1.62. The zero-order valence-electron chi connectivity index (χ0n) is 11.2. The minimum Gasteiger partial charge on any atom is -0.445 e. The fourth-order valence-electron chi connectivity index (χ4n) is 2.13. The number of benzene rings is 1. The minimum absolute atomic E-state index is 0.0301. The lowest BCUT2D eigenvalue weighted by Crippen LogP contribution is -2.33. The molecule has 0 unspecified atom stereocenters. The van der Waals surface area contributed by atoms with E-state index in [1.165, 1.54) is 12.1 Å². The minimum atomic E-state index is -4.58. The maximum atomic E-state index is 12.8. The average Bonchev–Trinajstić information content (AvgIpc) is 2.83. The number of alkyl halides is 3. The normalized spacial score (nSPS) is 12.0. The molecule has 0 saturated heterocycles. The molecule has 8 heteroatoms. The first-order valence-electron chi connectivity index (χ1n) is 6.20. The van der Waals surface area contributed by atoms with Crippen LogP contribution in [0.5, 0.6) is 0 Å². The molecule has 0 bridgehead atoms. The fourth-order valence-corrected chi connectivity index (χ4v) is 2.13. The van der Waals surface area contributed by atoms with E-state index in [1.807, 2.05) is 0 Å². The van der Waals surface area contributed by atoms with E-state index in [-0.39, 0.29) is 16.8 Å². The Bertz CT molecular complexity index is 979. The molecule has 0 spiro atoms. The molecular formula is C14H9F3N2O3. The molecule has 3 rings (SSSR count). The van der Waals surface area contributed by atoms with E-state index in [0.717, 1.165) is 12.1 Å². The van der Waals surface area contributed by atoms with Crippen molar-refractivity contribution in [3.05, 3.63) is 62.5 Å². The number of hydrogen-bond donors (Lipinski definition) is 1. The van der Waals surface area contributed by atoms with Gasteiger partial charge in [-0.05, 0) is 31.2 Å². The van der Waals surface area contributed by atoms with Gasteiger partial charge in [-0.3, -0.25) is 4.79 Å². The molecule has 114 valence electrons. The third-order valence-electron chi connectivity index (χ3n) is 3.17. The highest BCUT2D eigenvalue weighted by Crippen LogP contribution is 2.30. The maximum absolute atomic E-state index is 12.8. The Morgan fingerprint density at radius 1 is 1.14 bits per heavy atom. The second-order valence-electron chi connectivity index (χ2n) is 4.71. The van der Waals surface area contributed by atoms with E-state index in [4.69, 9.17) is 4.42 Å². The van der Waals surface area contributed by atoms with Crippen LogP contribution >= 0.6 is 0 Å². The largest absolute Gasteiger partial charge is 0.445 e. The van der Waals surface area contributed by atoms with Gasteiger partial charge < -0.3 is 9.40 Å². The van der Waals surface area contributed by atoms with Gasteiger partial charge in [0.05, 0.1) is 16.5 Å². The van der Waals surface area contributed by atoms with Gasteiger partial charge in [0, 0.05) is 6.07 Å². The number of hydrogen-bond acceptors (Lipinski definition) is 3. The SMILES string of the molecule is Cc1ccc(-n2c(=O)[nH]c3ccc(C(F)(F)F)cc3c2=O)o1. The predicted molar refractivity (Wildman–Crippen MR) is 72.2 cm³/mol. The molecule has 0 aliphatic heterocycles. The van der Waals surface area contributed by atoms with Crippen molar-refractivity contribution in [2.24, 2.45) is 0 Å². The topological polar surface area (TPSA) is 68.0 Å². The van der Waals surface area contributed by atoms with Crippen LogP contribution in [-0.2, 0) is 6.18 Å². The van der Waals surface area contributed by atoms with E-state index >= 15 is 0 Å². The highest BCUT2D eigenvalue weighted by Gasteiger charge is 2.31. The van der Waals surface area contributed by atoms with Gasteiger partial charge in [-0.25, -0.2) is 4.79 Å². The fraction of sp³-hybridized carbons (Fsp3) is 0.143. The van der Waals surface area contributed by atoms with Crippen molar-refractivity contribution < 1.29 is 17.6 Å². The zero-order valence-corrected chi connectivity index (χ0v) is 11.2. The van der Waals surface area contributed by atoms with Crippen LogP contribution < -0.4 is 11.2 Å². The number of furan rings is 1. The van der Waals surface area contributed by atoms with Gasteiger partial charge in [0.15, 0.2) is 0 Å². The van der Waals surface area contributed by atoms with E-state index in [0.29, 0.717) is 16.4 Å². The lowest BCUT2D eigenvalue weighted by Gasteiger charge is -2.08. The molecule has 0 amide bonds. The number of halogens is 3. The summed E-state index contributed by atoms with van der Waals surface area (Å²) in [5, 5.41) is -0.247. The van der Waals surface area contributed by atoms with E-state index in [1.54, 1.807) is 6.92 Å². The lowest BCUT2D eigenvalue weighted by molar-refractivity contribution is -0.137. The van der Waals surface area contributed by atoms with Crippen LogP contribution in [-0.4, -0.2) is 9.55 Å². The van der Waals surface area contributed by atoms with Crippen molar-refractivity contribution in [3.63, 3.8) is 0 Å². The second-order valence-corrected chi connectivity index (χ2v) is 4.71. The molecule has 2 heterocycles. The Kier molecular flexibility index (Phi) is 2.98. The van der Waals surface area contributed by atoms with Crippen LogP contribution in [0.25, 0.3) is 16.8 Å². The first kappa shape index (κ1) is 14.2. The number of aromatic nitrogens is 2. The van der Waals surface area contributed by atoms with Crippen LogP contribution in [0.4, 0.5) is 13.2 Å². The van der Waals surface area contributed by atoms with Crippen molar-refractivity contribution in [1.29, 1.82) is 0 Å². The van der Waals surface area contributed by atoms with E-state index < -0.39 is 23.0 Å². The number of rotatable bonds is 1. The van der Waals surface area contributed by atoms with Gasteiger partial charge in [-0.1, -0.05) is 0 Å². The van der Waals surface area contributed by atoms with Crippen LogP contribution in [0.1, 0.15) is 11.3 Å². The molecule has 0 fully saturated rings. The van der Waals surface area contributed by atoms with Gasteiger partial charge in [0.25, 0.3) is 5.56 Å². The summed E-state index contributed by atoms with van der Waals surface area (Å²) in [5.41, 5.74) is -2.60. The summed E-state index contributed by atoms with van der Waals surface area (Å²) in [6, 6.07) is 5.50. The summed E-state index contributed by atoms with van der Waals surface area (Å²) in [5.74, 6) is 0.411. The summed E-state index contributed by atoms with van der Waals surface area (Å²) in [6.07, 6.45) is -4.58. The van der Waals surface area contributed by atoms with Crippen molar-refractivity contribution in [2.45, 2.75) is 13.1 Å². The molecule has 0 radical (unpaired) electrons. The predicted octanol–water partition coefficient (Wildman–Crippen LogP) is 2.60. The number of H-pyrrole nitrogens is 1. The van der Waals surface area contributed by atoms with E-state index in [9.17, 15) is 22.8 Å². The van der Waals surface area contributed by atoms with Crippen molar-refractivity contribution in [2.75, 3.05) is 0 Å². The van der Waals surface area contributed by atoms with Gasteiger partial charge in [0.2, 0.25) is 5.88 Å². The molecule has 3 aromatic rings. The summed E-state index contributed by atoms with van der Waals surface area (Å²) in [7, 11) is 0. The summed E-state index contributed by atoms with van der Waals surface area (Å²) < 4.78 is 44.1. The number of nitrogens with one attached hydrogen (secondary N) is 1. The zero-order chi connectivity index (χ0) is 16.1. The van der Waals surface area contributed by atoms with Gasteiger partial charge in [-0.15, -0.1) is 0 Å². The van der Waals surface area contributed by atoms with Crippen molar-refractivity contribution in [1.82, 2.24) is 9.55 Å². The molecule has 0 aliphatic rings. The first-order valence-corrected chi connectivity index (χ1v) is 6.20. The number of aryl methyl sites for hydroxylation is 1. The van der Waals surface area contributed by atoms with Crippen molar-refractivity contribution in [3.8, 4) is 5.88 Å². The molecule has 0 saturated carbocycles. The Morgan fingerprint density at radius 3 is 2.45 bits per heavy atom. The number of fused-ring (bicyclic) bond motifs is 1. The summed E-state index contributed by atoms with van der Waals surface area (Å²) in [4.78, 5) is 26.7. The molecule has 5 nitrogen and oxygen atoms in total. The van der Waals surface area contributed by atoms with Gasteiger partial charge >= 0.3 is 11.9 Å². The molecular weight excluding hydrogens is 301 g/mol. The molecule has 22 heavy (non-hydrogen) atoms. The number of aromatic amines is 1. The van der Waals surface area contributed by atoms with Crippen LogP contribution in [0.2, 0.25) is 0 Å². The number of nitrogens with zero attached hydrogens (tertiary/aromatic N) is 1. The maximum Gasteiger partial charge on any atom is 0.416 e. The second kappa shape index (κ2) is 4.62. The summed E-state index contributed by atoms with van der Waals surface area (Å²) >= 11 is 0. The molecule has 1 aromatic carbocycles. The van der Waals surface area contributed by atoms with E-state index in [2.05, 4.69) is 4.98 Å². The van der Waals surface area contributed by atoms with Gasteiger partial charge in [0.1, 0.15) is 5.76 Å².